The van der Waals surface area contributed by atoms with E-state index in [1.807, 2.05) is 0 Å². The van der Waals surface area contributed by atoms with E-state index < -0.39 is 47.4 Å². The zero-order chi connectivity index (χ0) is 12.6. The smallest absolute Gasteiger partial charge is 0.264 e. The van der Waals surface area contributed by atoms with Gasteiger partial charge in [-0.05, 0) is 0 Å². The van der Waals surface area contributed by atoms with Crippen LogP contribution < -0.4 is 0 Å². The molecule has 4 N–H and O–H groups in total. The van der Waals surface area contributed by atoms with Crippen molar-refractivity contribution in [1.29, 1.82) is 0 Å². The average Bonchev–Trinajstić information content (AvgIpc) is 2.41. The van der Waals surface area contributed by atoms with Crippen LogP contribution in [0.5, 0.6) is 0 Å². The monoisotopic (exact) mass is 258 g/mol. The lowest BCUT2D eigenvalue weighted by molar-refractivity contribution is -0.243. The second-order valence-corrected chi connectivity index (χ2v) is 5.15. The molecular formula is C7H14O8S. The molecule has 1 heterocycles. The van der Waals surface area contributed by atoms with Crippen LogP contribution in [0.25, 0.3) is 0 Å². The summed E-state index contributed by atoms with van der Waals surface area (Å²) in [5.41, 5.74) is 0. The molecule has 8 nitrogen and oxygen atoms in total. The summed E-state index contributed by atoms with van der Waals surface area (Å²) >= 11 is 0. The van der Waals surface area contributed by atoms with Crippen molar-refractivity contribution in [3.05, 3.63) is 0 Å². The Morgan fingerprint density at radius 3 is 2.38 bits per heavy atom. The Hall–Kier alpha value is -0.290. The minimum Gasteiger partial charge on any atom is -0.394 e. The summed E-state index contributed by atoms with van der Waals surface area (Å²) in [6.45, 7) is -1.62. The van der Waals surface area contributed by atoms with Crippen molar-refractivity contribution in [2.24, 2.45) is 0 Å². The fourth-order valence-corrected chi connectivity index (χ4v) is 2.09. The summed E-state index contributed by atoms with van der Waals surface area (Å²) in [7, 11) is -3.95. The Balaban J connectivity index is 2.94. The number of rotatable bonds is 4. The van der Waals surface area contributed by atoms with Gasteiger partial charge in [0.25, 0.3) is 10.1 Å². The highest BCUT2D eigenvalue weighted by molar-refractivity contribution is 7.86. The van der Waals surface area contributed by atoms with Crippen LogP contribution in [-0.2, 0) is 19.0 Å². The lowest BCUT2D eigenvalue weighted by atomic mass is 10.1. The van der Waals surface area contributed by atoms with Crippen molar-refractivity contribution < 1.29 is 37.8 Å². The van der Waals surface area contributed by atoms with E-state index in [-0.39, 0.29) is 0 Å². The number of aliphatic hydroxyl groups excluding tert-OH is 3. The van der Waals surface area contributed by atoms with Crippen LogP contribution in [0.15, 0.2) is 0 Å². The molecule has 0 aromatic heterocycles. The molecule has 0 bridgehead atoms. The van der Waals surface area contributed by atoms with Gasteiger partial charge in [0.2, 0.25) is 5.79 Å². The first-order valence-corrected chi connectivity index (χ1v) is 6.23. The van der Waals surface area contributed by atoms with Crippen LogP contribution in [-0.4, -0.2) is 72.4 Å². The van der Waals surface area contributed by atoms with E-state index in [1.54, 1.807) is 0 Å². The predicted molar refractivity (Wildman–Crippen MR) is 49.7 cm³/mol. The largest absolute Gasteiger partial charge is 0.394 e. The van der Waals surface area contributed by atoms with Crippen LogP contribution in [0, 0.1) is 0 Å². The third kappa shape index (κ3) is 2.69. The van der Waals surface area contributed by atoms with Gasteiger partial charge in [0.05, 0.1) is 19.5 Å². The summed E-state index contributed by atoms with van der Waals surface area (Å²) in [5.74, 6) is -2.35. The van der Waals surface area contributed by atoms with E-state index in [0.29, 0.717) is 0 Å². The first kappa shape index (κ1) is 13.8. The van der Waals surface area contributed by atoms with E-state index in [0.717, 1.165) is 6.26 Å². The molecule has 1 saturated heterocycles. The molecule has 16 heavy (non-hydrogen) atoms. The molecule has 9 heteroatoms. The SMILES string of the molecule is CS(=O)(=O)O[C@H]1[C@H](O)[C@@H](CO)OC1(O)CO. The van der Waals surface area contributed by atoms with Crippen LogP contribution >= 0.6 is 0 Å². The summed E-state index contributed by atoms with van der Waals surface area (Å²) in [6.07, 6.45) is -3.73. The summed E-state index contributed by atoms with van der Waals surface area (Å²) in [4.78, 5) is 0. The van der Waals surface area contributed by atoms with Crippen LogP contribution in [0.3, 0.4) is 0 Å². The molecule has 0 aliphatic carbocycles. The second kappa shape index (κ2) is 4.53. The lowest BCUT2D eigenvalue weighted by Crippen LogP contribution is -2.48. The van der Waals surface area contributed by atoms with E-state index in [4.69, 9.17) is 14.9 Å². The normalized spacial score (nSPS) is 40.2. The fourth-order valence-electron chi connectivity index (χ4n) is 1.45. The first-order chi connectivity index (χ1) is 7.23. The van der Waals surface area contributed by atoms with E-state index >= 15 is 0 Å². The molecule has 0 amide bonds. The molecule has 1 aliphatic rings. The molecule has 0 spiro atoms. The predicted octanol–water partition coefficient (Wildman–Crippen LogP) is -3.24. The molecule has 1 fully saturated rings. The van der Waals surface area contributed by atoms with Crippen molar-refractivity contribution in [2.75, 3.05) is 19.5 Å². The second-order valence-electron chi connectivity index (χ2n) is 3.55. The van der Waals surface area contributed by atoms with Gasteiger partial charge in [0, 0.05) is 0 Å². The Kier molecular flexibility index (Phi) is 3.90. The molecule has 96 valence electrons. The minimum absolute atomic E-state index is 0.646. The average molecular weight is 258 g/mol. The fraction of sp³-hybridized carbons (Fsp3) is 1.00. The van der Waals surface area contributed by atoms with Gasteiger partial charge in [-0.15, -0.1) is 0 Å². The summed E-state index contributed by atoms with van der Waals surface area (Å²) < 4.78 is 30.9. The van der Waals surface area contributed by atoms with Gasteiger partial charge in [-0.1, -0.05) is 0 Å². The van der Waals surface area contributed by atoms with E-state index in [1.165, 1.54) is 0 Å². The highest BCUT2D eigenvalue weighted by Crippen LogP contribution is 2.31. The first-order valence-electron chi connectivity index (χ1n) is 4.42. The number of hydrogen-bond donors (Lipinski definition) is 4. The summed E-state index contributed by atoms with van der Waals surface area (Å²) in [5, 5.41) is 36.9. The van der Waals surface area contributed by atoms with Crippen molar-refractivity contribution in [3.63, 3.8) is 0 Å². The van der Waals surface area contributed by atoms with Crippen LogP contribution in [0.2, 0.25) is 0 Å². The standard InChI is InChI=1S/C7H14O8S/c1-16(12,13)15-6-5(10)4(2-8)14-7(6,11)3-9/h4-6,8-11H,2-3H2,1H3/t4-,5-,6+,7?/m1/s1. The third-order valence-electron chi connectivity index (χ3n) is 2.18. The highest BCUT2D eigenvalue weighted by atomic mass is 32.2. The number of ether oxygens (including phenoxy) is 1. The van der Waals surface area contributed by atoms with E-state index in [2.05, 4.69) is 4.18 Å². The van der Waals surface area contributed by atoms with Gasteiger partial charge < -0.3 is 25.2 Å². The maximum Gasteiger partial charge on any atom is 0.264 e. The van der Waals surface area contributed by atoms with Crippen molar-refractivity contribution in [3.8, 4) is 0 Å². The topological polar surface area (TPSA) is 134 Å². The molecule has 0 radical (unpaired) electrons. The van der Waals surface area contributed by atoms with Crippen molar-refractivity contribution >= 4 is 10.1 Å². The van der Waals surface area contributed by atoms with Crippen molar-refractivity contribution in [2.45, 2.75) is 24.1 Å². The zero-order valence-corrected chi connectivity index (χ0v) is 9.29. The summed E-state index contributed by atoms with van der Waals surface area (Å²) in [6, 6.07) is 0. The quantitative estimate of drug-likeness (QED) is 0.387. The molecule has 4 atom stereocenters. The third-order valence-corrected chi connectivity index (χ3v) is 2.73. The Labute approximate surface area is 92.2 Å². The highest BCUT2D eigenvalue weighted by Gasteiger charge is 2.55. The van der Waals surface area contributed by atoms with Gasteiger partial charge in [0.1, 0.15) is 12.2 Å². The molecule has 0 saturated carbocycles. The van der Waals surface area contributed by atoms with Gasteiger partial charge in [-0.25, -0.2) is 0 Å². The van der Waals surface area contributed by atoms with Crippen LogP contribution in [0.1, 0.15) is 0 Å². The molecule has 0 aromatic carbocycles. The van der Waals surface area contributed by atoms with Crippen molar-refractivity contribution in [1.82, 2.24) is 0 Å². The number of aliphatic hydroxyl groups is 4. The lowest BCUT2D eigenvalue weighted by Gasteiger charge is -2.25. The Morgan fingerprint density at radius 2 is 2.00 bits per heavy atom. The zero-order valence-electron chi connectivity index (χ0n) is 8.48. The van der Waals surface area contributed by atoms with Gasteiger partial charge in [0.15, 0.2) is 6.10 Å². The molecular weight excluding hydrogens is 244 g/mol. The molecule has 1 aliphatic heterocycles. The maximum absolute atomic E-state index is 10.9. The van der Waals surface area contributed by atoms with E-state index in [9.17, 15) is 18.6 Å². The number of hydrogen-bond acceptors (Lipinski definition) is 8. The van der Waals surface area contributed by atoms with Gasteiger partial charge in [-0.2, -0.15) is 8.42 Å². The van der Waals surface area contributed by atoms with Gasteiger partial charge >= 0.3 is 0 Å². The minimum atomic E-state index is -3.95. The van der Waals surface area contributed by atoms with Gasteiger partial charge in [-0.3, -0.25) is 4.18 Å². The molecule has 1 unspecified atom stereocenters. The Morgan fingerprint density at radius 1 is 1.44 bits per heavy atom. The Bertz CT molecular complexity index is 340. The maximum atomic E-state index is 10.9. The molecule has 1 rings (SSSR count). The molecule has 0 aromatic rings. The van der Waals surface area contributed by atoms with Crippen LogP contribution in [0.4, 0.5) is 0 Å².